The van der Waals surface area contributed by atoms with Crippen LogP contribution in [0.15, 0.2) is 35.5 Å². The third-order valence-corrected chi connectivity index (χ3v) is 5.20. The first kappa shape index (κ1) is 13.7. The summed E-state index contributed by atoms with van der Waals surface area (Å²) in [6.07, 6.45) is 1.93. The predicted molar refractivity (Wildman–Crippen MR) is 90.3 cm³/mol. The average molecular weight is 338 g/mol. The van der Waals surface area contributed by atoms with Gasteiger partial charge in [-0.05, 0) is 29.0 Å². The van der Waals surface area contributed by atoms with Crippen molar-refractivity contribution in [3.63, 3.8) is 0 Å². The van der Waals surface area contributed by atoms with Gasteiger partial charge in [-0.2, -0.15) is 4.52 Å². The molecule has 4 heterocycles. The number of pyridine rings is 1. The van der Waals surface area contributed by atoms with Crippen molar-refractivity contribution >= 4 is 28.3 Å². The molecule has 0 fully saturated rings. The second-order valence-corrected chi connectivity index (χ2v) is 6.76. The van der Waals surface area contributed by atoms with E-state index in [0.717, 1.165) is 45.9 Å². The summed E-state index contributed by atoms with van der Waals surface area (Å²) >= 11 is 1.63. The first-order valence-electron chi connectivity index (χ1n) is 7.82. The van der Waals surface area contributed by atoms with E-state index in [1.807, 2.05) is 22.9 Å². The van der Waals surface area contributed by atoms with Crippen LogP contribution in [0.2, 0.25) is 0 Å². The van der Waals surface area contributed by atoms with Gasteiger partial charge in [-0.15, -0.1) is 15.3 Å². The molecule has 0 amide bonds. The van der Waals surface area contributed by atoms with Crippen LogP contribution in [0.5, 0.6) is 0 Å². The molecule has 0 aliphatic carbocycles. The molecule has 1 aromatic carbocycles. The maximum Gasteiger partial charge on any atom is 0.212 e. The second kappa shape index (κ2) is 5.17. The van der Waals surface area contributed by atoms with E-state index in [0.29, 0.717) is 0 Å². The zero-order valence-electron chi connectivity index (χ0n) is 12.9. The van der Waals surface area contributed by atoms with Gasteiger partial charge in [0.2, 0.25) is 5.16 Å². The number of nitrogens with zero attached hydrogens (tertiary/aromatic N) is 7. The highest BCUT2D eigenvalue weighted by atomic mass is 32.2. The molecule has 0 saturated carbocycles. The van der Waals surface area contributed by atoms with Gasteiger partial charge in [0.15, 0.2) is 11.5 Å². The molecule has 24 heavy (non-hydrogen) atoms. The summed E-state index contributed by atoms with van der Waals surface area (Å²) in [7, 11) is 0. The van der Waals surface area contributed by atoms with Gasteiger partial charge in [-0.25, -0.2) is 4.68 Å². The van der Waals surface area contributed by atoms with E-state index in [4.69, 9.17) is 0 Å². The molecular formula is C15H14N8S. The van der Waals surface area contributed by atoms with Gasteiger partial charge in [0.25, 0.3) is 0 Å². The molecule has 5 rings (SSSR count). The summed E-state index contributed by atoms with van der Waals surface area (Å²) in [5, 5.41) is 22.7. The van der Waals surface area contributed by atoms with Crippen molar-refractivity contribution in [1.29, 1.82) is 0 Å². The Bertz CT molecular complexity index is 1050. The van der Waals surface area contributed by atoms with Crippen LogP contribution >= 0.6 is 11.8 Å². The fourth-order valence-corrected chi connectivity index (χ4v) is 4.05. The standard InChI is InChI=1S/C15H14N8S/c1-2-5-12-16-18-15-23(12)19-14(24-15)10-8-9-6-3-4-7-11(9)22-13(10)17-20-21-22/h3-4,6-8,14,19H,2,5H2,1H3/t14-/m1/s1. The Balaban J connectivity index is 1.63. The Morgan fingerprint density at radius 3 is 3.04 bits per heavy atom. The van der Waals surface area contributed by atoms with Gasteiger partial charge >= 0.3 is 0 Å². The Morgan fingerprint density at radius 2 is 2.12 bits per heavy atom. The van der Waals surface area contributed by atoms with E-state index in [9.17, 15) is 0 Å². The first-order valence-corrected chi connectivity index (χ1v) is 8.70. The largest absolute Gasteiger partial charge is 0.304 e. The molecule has 4 aromatic rings. The molecule has 0 radical (unpaired) electrons. The van der Waals surface area contributed by atoms with E-state index >= 15 is 0 Å². The lowest BCUT2D eigenvalue weighted by atomic mass is 10.1. The number of rotatable bonds is 3. The van der Waals surface area contributed by atoms with Crippen LogP contribution in [0.4, 0.5) is 0 Å². The van der Waals surface area contributed by atoms with Gasteiger partial charge < -0.3 is 5.43 Å². The zero-order chi connectivity index (χ0) is 16.1. The Labute approximate surface area is 141 Å². The molecule has 0 spiro atoms. The summed E-state index contributed by atoms with van der Waals surface area (Å²) in [6.45, 7) is 2.13. The highest BCUT2D eigenvalue weighted by molar-refractivity contribution is 7.99. The molecule has 1 atom stereocenters. The van der Waals surface area contributed by atoms with Crippen molar-refractivity contribution in [2.24, 2.45) is 0 Å². The van der Waals surface area contributed by atoms with Crippen molar-refractivity contribution in [2.75, 3.05) is 5.43 Å². The summed E-state index contributed by atoms with van der Waals surface area (Å²) < 4.78 is 3.77. The van der Waals surface area contributed by atoms with Crippen LogP contribution in [-0.2, 0) is 6.42 Å². The molecule has 1 N–H and O–H groups in total. The minimum Gasteiger partial charge on any atom is -0.304 e. The van der Waals surface area contributed by atoms with E-state index in [2.05, 4.69) is 50.2 Å². The van der Waals surface area contributed by atoms with Crippen LogP contribution in [0.1, 0.15) is 30.1 Å². The lowest BCUT2D eigenvalue weighted by Crippen LogP contribution is -2.16. The van der Waals surface area contributed by atoms with Crippen LogP contribution in [-0.4, -0.2) is 34.9 Å². The Hall–Kier alpha value is -2.68. The third-order valence-electron chi connectivity index (χ3n) is 4.13. The molecule has 8 nitrogen and oxygen atoms in total. The molecule has 9 heteroatoms. The maximum atomic E-state index is 4.28. The van der Waals surface area contributed by atoms with Crippen molar-refractivity contribution in [2.45, 2.75) is 30.3 Å². The predicted octanol–water partition coefficient (Wildman–Crippen LogP) is 2.17. The van der Waals surface area contributed by atoms with Gasteiger partial charge in [0, 0.05) is 17.4 Å². The van der Waals surface area contributed by atoms with Crippen LogP contribution < -0.4 is 5.43 Å². The summed E-state index contributed by atoms with van der Waals surface area (Å²) in [5.74, 6) is 0.957. The van der Waals surface area contributed by atoms with Crippen LogP contribution in [0.3, 0.4) is 0 Å². The normalized spacial score (nSPS) is 16.6. The van der Waals surface area contributed by atoms with Crippen LogP contribution in [0, 0.1) is 0 Å². The van der Waals surface area contributed by atoms with Gasteiger partial charge in [0.05, 0.1) is 5.52 Å². The minimum absolute atomic E-state index is 0.00390. The summed E-state index contributed by atoms with van der Waals surface area (Å²) in [5.41, 5.74) is 6.27. The number of hydrogen-bond donors (Lipinski definition) is 1. The highest BCUT2D eigenvalue weighted by Gasteiger charge is 2.30. The number of nitrogens with one attached hydrogen (secondary N) is 1. The number of fused-ring (bicyclic) bond motifs is 4. The molecule has 0 saturated heterocycles. The highest BCUT2D eigenvalue weighted by Crippen LogP contribution is 2.40. The number of aromatic nitrogens is 7. The molecular weight excluding hydrogens is 324 g/mol. The molecule has 0 bridgehead atoms. The molecule has 0 unspecified atom stereocenters. The summed E-state index contributed by atoms with van der Waals surface area (Å²) in [4.78, 5) is 0. The summed E-state index contributed by atoms with van der Waals surface area (Å²) in [6, 6.07) is 10.2. The quantitative estimate of drug-likeness (QED) is 0.612. The van der Waals surface area contributed by atoms with Crippen molar-refractivity contribution in [1.82, 2.24) is 34.9 Å². The second-order valence-electron chi connectivity index (χ2n) is 5.68. The van der Waals surface area contributed by atoms with Gasteiger partial charge in [-0.3, -0.25) is 0 Å². The van der Waals surface area contributed by atoms with Gasteiger partial charge in [-0.1, -0.05) is 36.9 Å². The lowest BCUT2D eigenvalue weighted by molar-refractivity contribution is 0.715. The molecule has 1 aliphatic heterocycles. The number of aryl methyl sites for hydroxylation is 1. The van der Waals surface area contributed by atoms with E-state index in [1.54, 1.807) is 16.3 Å². The monoisotopic (exact) mass is 338 g/mol. The average Bonchev–Trinajstić information content (AvgIpc) is 3.31. The Kier molecular flexibility index (Phi) is 2.96. The number of benzene rings is 1. The number of para-hydroxylation sites is 1. The lowest BCUT2D eigenvalue weighted by Gasteiger charge is -2.13. The van der Waals surface area contributed by atoms with Crippen molar-refractivity contribution in [3.05, 3.63) is 41.7 Å². The first-order chi connectivity index (χ1) is 11.8. The Morgan fingerprint density at radius 1 is 1.21 bits per heavy atom. The molecule has 1 aliphatic rings. The van der Waals surface area contributed by atoms with E-state index in [-0.39, 0.29) is 5.37 Å². The van der Waals surface area contributed by atoms with E-state index < -0.39 is 0 Å². The maximum absolute atomic E-state index is 4.28. The number of hydrogen-bond acceptors (Lipinski definition) is 7. The fourth-order valence-electron chi connectivity index (χ4n) is 3.03. The van der Waals surface area contributed by atoms with E-state index in [1.165, 1.54) is 0 Å². The topological polar surface area (TPSA) is 85.8 Å². The minimum atomic E-state index is 0.00390. The fraction of sp³-hybridized carbons (Fsp3) is 0.267. The van der Waals surface area contributed by atoms with Crippen molar-refractivity contribution in [3.8, 4) is 0 Å². The van der Waals surface area contributed by atoms with Gasteiger partial charge in [0.1, 0.15) is 5.37 Å². The van der Waals surface area contributed by atoms with Crippen molar-refractivity contribution < 1.29 is 0 Å². The SMILES string of the molecule is CCCc1nnc2n1N[C@@H](c1cc3ccccc3n3nnnc13)S2. The molecule has 120 valence electrons. The van der Waals surface area contributed by atoms with Crippen LogP contribution in [0.25, 0.3) is 16.6 Å². The number of thioether (sulfide) groups is 1. The molecule has 3 aromatic heterocycles. The smallest absolute Gasteiger partial charge is 0.212 e. The zero-order valence-corrected chi connectivity index (χ0v) is 13.7. The third kappa shape index (κ3) is 1.91. The number of tetrazole rings is 1.